The number of benzene rings is 2. The Kier molecular flexibility index (Phi) is 5.46. The molecule has 1 unspecified atom stereocenters. The molecule has 0 spiro atoms. The second-order valence-corrected chi connectivity index (χ2v) is 7.40. The number of nitro benzene ring substituents is 1. The van der Waals surface area contributed by atoms with Gasteiger partial charge in [-0.1, -0.05) is 23.7 Å². The zero-order chi connectivity index (χ0) is 18.7. The average Bonchev–Trinajstić information content (AvgIpc) is 2.98. The van der Waals surface area contributed by atoms with E-state index in [4.69, 9.17) is 11.6 Å². The molecule has 134 valence electrons. The van der Waals surface area contributed by atoms with Crippen LogP contribution in [-0.4, -0.2) is 29.4 Å². The maximum absolute atomic E-state index is 12.2. The number of halogens is 1. The number of hydrogen-bond donors (Lipinski definition) is 2. The van der Waals surface area contributed by atoms with Crippen LogP contribution in [0, 0.1) is 10.1 Å². The van der Waals surface area contributed by atoms with Gasteiger partial charge in [-0.2, -0.15) is 0 Å². The van der Waals surface area contributed by atoms with Crippen molar-refractivity contribution in [3.63, 3.8) is 0 Å². The first-order chi connectivity index (χ1) is 12.4. The molecule has 26 heavy (non-hydrogen) atoms. The molecule has 3 aromatic rings. The summed E-state index contributed by atoms with van der Waals surface area (Å²) in [5.74, 6) is -0.311. The number of fused-ring (bicyclic) bond motifs is 1. The molecule has 0 saturated heterocycles. The van der Waals surface area contributed by atoms with E-state index in [1.807, 2.05) is 31.3 Å². The Morgan fingerprint density at radius 1 is 1.35 bits per heavy atom. The standard InChI is InChI=1S/C17H15ClN4O3S/c1-21(10-17-20-13-4-2-3-5-15(13)26-17)9-16(23)19-12-7-6-11(18)8-14(12)22(24)25/h2-8H,9-10H2,1H3,(H,19,23)/p+1. The van der Waals surface area contributed by atoms with Gasteiger partial charge in [-0.15, -0.1) is 11.3 Å². The molecule has 9 heteroatoms. The summed E-state index contributed by atoms with van der Waals surface area (Å²) in [6, 6.07) is 12.0. The maximum atomic E-state index is 12.2. The molecule has 1 aromatic heterocycles. The summed E-state index contributed by atoms with van der Waals surface area (Å²) in [7, 11) is 1.88. The van der Waals surface area contributed by atoms with E-state index in [1.54, 1.807) is 11.3 Å². The van der Waals surface area contributed by atoms with Crippen molar-refractivity contribution in [2.24, 2.45) is 0 Å². The van der Waals surface area contributed by atoms with Crippen LogP contribution in [0.3, 0.4) is 0 Å². The van der Waals surface area contributed by atoms with E-state index in [2.05, 4.69) is 10.3 Å². The van der Waals surface area contributed by atoms with Crippen LogP contribution in [0.15, 0.2) is 42.5 Å². The molecule has 0 aliphatic rings. The Bertz CT molecular complexity index is 943. The van der Waals surface area contributed by atoms with E-state index in [-0.39, 0.29) is 28.8 Å². The normalized spacial score (nSPS) is 12.1. The van der Waals surface area contributed by atoms with Crippen LogP contribution in [0.5, 0.6) is 0 Å². The monoisotopic (exact) mass is 391 g/mol. The van der Waals surface area contributed by atoms with Gasteiger partial charge in [-0.3, -0.25) is 14.9 Å². The van der Waals surface area contributed by atoms with Crippen LogP contribution in [0.1, 0.15) is 5.01 Å². The fourth-order valence-electron chi connectivity index (χ4n) is 2.55. The van der Waals surface area contributed by atoms with Crippen LogP contribution in [0.2, 0.25) is 5.02 Å². The summed E-state index contributed by atoms with van der Waals surface area (Å²) < 4.78 is 1.11. The predicted molar refractivity (Wildman–Crippen MR) is 102 cm³/mol. The molecule has 3 rings (SSSR count). The third kappa shape index (κ3) is 4.34. The van der Waals surface area contributed by atoms with E-state index in [1.165, 1.54) is 18.2 Å². The molecule has 0 aliphatic heterocycles. The van der Waals surface area contributed by atoms with Gasteiger partial charge in [0.2, 0.25) is 0 Å². The lowest BCUT2D eigenvalue weighted by atomic mass is 10.2. The molecular formula is C17H16ClN4O3S+. The Morgan fingerprint density at radius 2 is 2.12 bits per heavy atom. The summed E-state index contributed by atoms with van der Waals surface area (Å²) in [6.07, 6.45) is 0. The highest BCUT2D eigenvalue weighted by molar-refractivity contribution is 7.18. The van der Waals surface area contributed by atoms with Gasteiger partial charge in [0, 0.05) is 11.1 Å². The number of quaternary nitrogens is 1. The number of carbonyl (C=O) groups is 1. The Labute approximate surface area is 158 Å². The number of thiazole rings is 1. The van der Waals surface area contributed by atoms with Gasteiger partial charge >= 0.3 is 0 Å². The smallest absolute Gasteiger partial charge is 0.294 e. The average molecular weight is 392 g/mol. The van der Waals surface area contributed by atoms with Gasteiger partial charge in [0.1, 0.15) is 17.2 Å². The van der Waals surface area contributed by atoms with Crippen molar-refractivity contribution in [1.29, 1.82) is 0 Å². The minimum Gasteiger partial charge on any atom is -0.324 e. The van der Waals surface area contributed by atoms with Crippen LogP contribution in [0.4, 0.5) is 11.4 Å². The van der Waals surface area contributed by atoms with Crippen molar-refractivity contribution in [2.75, 3.05) is 18.9 Å². The SMILES string of the molecule is C[NH+](CC(=O)Nc1ccc(Cl)cc1[N+](=O)[O-])Cc1nc2ccccc2s1. The van der Waals surface area contributed by atoms with Crippen LogP contribution in [0.25, 0.3) is 10.2 Å². The number of para-hydroxylation sites is 1. The second kappa shape index (κ2) is 7.77. The maximum Gasteiger partial charge on any atom is 0.294 e. The topological polar surface area (TPSA) is 89.6 Å². The van der Waals surface area contributed by atoms with Gasteiger partial charge in [-0.05, 0) is 24.3 Å². The van der Waals surface area contributed by atoms with E-state index >= 15 is 0 Å². The minimum atomic E-state index is -0.570. The molecule has 0 fully saturated rings. The third-order valence-corrected chi connectivity index (χ3v) is 4.96. The second-order valence-electron chi connectivity index (χ2n) is 5.85. The number of likely N-dealkylation sites (N-methyl/N-ethyl adjacent to an activating group) is 1. The van der Waals surface area contributed by atoms with Crippen molar-refractivity contribution >= 4 is 50.4 Å². The summed E-state index contributed by atoms with van der Waals surface area (Å²) >= 11 is 7.38. The van der Waals surface area contributed by atoms with Crippen molar-refractivity contribution < 1.29 is 14.6 Å². The van der Waals surface area contributed by atoms with E-state index in [0.717, 1.165) is 20.1 Å². The lowest BCUT2D eigenvalue weighted by Gasteiger charge is -2.12. The third-order valence-electron chi connectivity index (χ3n) is 3.68. The number of rotatable bonds is 6. The van der Waals surface area contributed by atoms with Gasteiger partial charge in [0.25, 0.3) is 11.6 Å². The molecule has 2 N–H and O–H groups in total. The molecule has 2 aromatic carbocycles. The van der Waals surface area contributed by atoms with Crippen molar-refractivity contribution in [1.82, 2.24) is 4.98 Å². The van der Waals surface area contributed by atoms with Gasteiger partial charge < -0.3 is 10.2 Å². The molecule has 0 aliphatic carbocycles. The van der Waals surface area contributed by atoms with E-state index in [0.29, 0.717) is 6.54 Å². The number of anilines is 1. The highest BCUT2D eigenvalue weighted by atomic mass is 35.5. The number of hydrogen-bond acceptors (Lipinski definition) is 5. The number of nitrogens with zero attached hydrogens (tertiary/aromatic N) is 2. The first kappa shape index (κ1) is 18.2. The lowest BCUT2D eigenvalue weighted by molar-refractivity contribution is -0.885. The number of carbonyl (C=O) groups excluding carboxylic acids is 1. The molecular weight excluding hydrogens is 376 g/mol. The molecule has 7 nitrogen and oxygen atoms in total. The first-order valence-corrected chi connectivity index (χ1v) is 9.01. The summed E-state index contributed by atoms with van der Waals surface area (Å²) in [4.78, 5) is 28.2. The lowest BCUT2D eigenvalue weighted by Crippen LogP contribution is -3.08. The number of amides is 1. The fraction of sp³-hybridized carbons (Fsp3) is 0.176. The summed E-state index contributed by atoms with van der Waals surface area (Å²) in [6.45, 7) is 0.755. The quantitative estimate of drug-likeness (QED) is 0.499. The van der Waals surface area contributed by atoms with Crippen LogP contribution < -0.4 is 10.2 Å². The van der Waals surface area contributed by atoms with Crippen LogP contribution in [-0.2, 0) is 11.3 Å². The minimum absolute atomic E-state index is 0.136. The Balaban J connectivity index is 1.63. The van der Waals surface area contributed by atoms with E-state index in [9.17, 15) is 14.9 Å². The number of nitro groups is 1. The van der Waals surface area contributed by atoms with Gasteiger partial charge in [0.15, 0.2) is 6.54 Å². The predicted octanol–water partition coefficient (Wildman–Crippen LogP) is 2.51. The Hall–Kier alpha value is -2.55. The molecule has 1 atom stereocenters. The molecule has 0 radical (unpaired) electrons. The van der Waals surface area contributed by atoms with E-state index < -0.39 is 4.92 Å². The summed E-state index contributed by atoms with van der Waals surface area (Å²) in [5, 5.41) is 14.9. The Morgan fingerprint density at radius 3 is 2.85 bits per heavy atom. The first-order valence-electron chi connectivity index (χ1n) is 7.82. The molecule has 0 saturated carbocycles. The summed E-state index contributed by atoms with van der Waals surface area (Å²) in [5.41, 5.74) is 0.855. The number of nitrogens with one attached hydrogen (secondary N) is 2. The largest absolute Gasteiger partial charge is 0.324 e. The highest BCUT2D eigenvalue weighted by Crippen LogP contribution is 2.27. The highest BCUT2D eigenvalue weighted by Gasteiger charge is 2.19. The number of aromatic nitrogens is 1. The zero-order valence-electron chi connectivity index (χ0n) is 13.9. The zero-order valence-corrected chi connectivity index (χ0v) is 15.4. The van der Waals surface area contributed by atoms with Crippen molar-refractivity contribution in [2.45, 2.75) is 6.54 Å². The van der Waals surface area contributed by atoms with Crippen LogP contribution >= 0.6 is 22.9 Å². The van der Waals surface area contributed by atoms with Gasteiger partial charge in [-0.25, -0.2) is 4.98 Å². The molecule has 1 heterocycles. The molecule has 0 bridgehead atoms. The van der Waals surface area contributed by atoms with Crippen molar-refractivity contribution in [3.05, 3.63) is 62.6 Å². The molecule has 1 amide bonds. The van der Waals surface area contributed by atoms with Crippen molar-refractivity contribution in [3.8, 4) is 0 Å². The van der Waals surface area contributed by atoms with Gasteiger partial charge in [0.05, 0.1) is 22.2 Å². The fourth-order valence-corrected chi connectivity index (χ4v) is 3.79.